The average molecular weight is 221 g/mol. The summed E-state index contributed by atoms with van der Waals surface area (Å²) in [6.07, 6.45) is 3.86. The van der Waals surface area contributed by atoms with E-state index in [9.17, 15) is 0 Å². The molecular weight excluding hydrogens is 202 g/mol. The quantitative estimate of drug-likeness (QED) is 0.812. The highest BCUT2D eigenvalue weighted by atomic mass is 15.5. The molecule has 2 heterocycles. The minimum Gasteiger partial charge on any atom is -0.357 e. The second-order valence-electron chi connectivity index (χ2n) is 4.13. The van der Waals surface area contributed by atoms with Gasteiger partial charge in [0.15, 0.2) is 0 Å². The third kappa shape index (κ3) is 2.82. The number of nitrogens with one attached hydrogen (secondary N) is 2. The third-order valence-electron chi connectivity index (χ3n) is 2.71. The standard InChI is InChI=1S/C11H19N5/c1-9-8-10(14-11(12-2)13-9)15-16-6-4-3-5-7-16/h8H,3-7H2,1-2H3,(H2,12,13,14,15). The molecule has 0 saturated carbocycles. The summed E-state index contributed by atoms with van der Waals surface area (Å²) in [5.41, 5.74) is 4.31. The van der Waals surface area contributed by atoms with Crippen LogP contribution >= 0.6 is 0 Å². The Morgan fingerprint density at radius 3 is 2.62 bits per heavy atom. The number of nitrogens with zero attached hydrogens (tertiary/aromatic N) is 3. The van der Waals surface area contributed by atoms with Gasteiger partial charge in [-0.05, 0) is 19.8 Å². The Labute approximate surface area is 96.2 Å². The Morgan fingerprint density at radius 1 is 1.19 bits per heavy atom. The van der Waals surface area contributed by atoms with E-state index >= 15 is 0 Å². The summed E-state index contributed by atoms with van der Waals surface area (Å²) in [6, 6.07) is 1.97. The van der Waals surface area contributed by atoms with Crippen LogP contribution in [0.15, 0.2) is 6.07 Å². The minimum absolute atomic E-state index is 0.666. The monoisotopic (exact) mass is 221 g/mol. The highest BCUT2D eigenvalue weighted by molar-refractivity contribution is 5.41. The lowest BCUT2D eigenvalue weighted by Gasteiger charge is -2.27. The molecule has 1 aromatic rings. The molecule has 5 nitrogen and oxygen atoms in total. The maximum Gasteiger partial charge on any atom is 0.224 e. The van der Waals surface area contributed by atoms with Crippen LogP contribution in [-0.4, -0.2) is 35.1 Å². The van der Waals surface area contributed by atoms with Gasteiger partial charge in [-0.25, -0.2) is 9.99 Å². The van der Waals surface area contributed by atoms with Crippen LogP contribution in [0, 0.1) is 6.92 Å². The summed E-state index contributed by atoms with van der Waals surface area (Å²) in [7, 11) is 1.83. The van der Waals surface area contributed by atoms with Gasteiger partial charge in [-0.3, -0.25) is 0 Å². The number of aryl methyl sites for hydroxylation is 1. The first-order valence-electron chi connectivity index (χ1n) is 5.83. The van der Waals surface area contributed by atoms with Crippen molar-refractivity contribution in [3.05, 3.63) is 11.8 Å². The summed E-state index contributed by atoms with van der Waals surface area (Å²) in [4.78, 5) is 8.64. The van der Waals surface area contributed by atoms with Crippen molar-refractivity contribution in [2.24, 2.45) is 0 Å². The molecule has 5 heteroatoms. The molecule has 1 aliphatic rings. The van der Waals surface area contributed by atoms with E-state index in [1.165, 1.54) is 19.3 Å². The van der Waals surface area contributed by atoms with E-state index in [1.807, 2.05) is 20.0 Å². The maximum atomic E-state index is 4.37. The van der Waals surface area contributed by atoms with Crippen molar-refractivity contribution in [2.45, 2.75) is 26.2 Å². The van der Waals surface area contributed by atoms with Crippen molar-refractivity contribution in [1.82, 2.24) is 15.0 Å². The number of piperidine rings is 1. The minimum atomic E-state index is 0.666. The lowest BCUT2D eigenvalue weighted by molar-refractivity contribution is 0.272. The normalized spacial score (nSPS) is 17.1. The van der Waals surface area contributed by atoms with Gasteiger partial charge < -0.3 is 10.7 Å². The molecule has 16 heavy (non-hydrogen) atoms. The summed E-state index contributed by atoms with van der Waals surface area (Å²) >= 11 is 0. The van der Waals surface area contributed by atoms with E-state index in [0.29, 0.717) is 5.95 Å². The maximum absolute atomic E-state index is 4.37. The Hall–Kier alpha value is -1.36. The molecule has 2 rings (SSSR count). The van der Waals surface area contributed by atoms with Crippen molar-refractivity contribution in [3.8, 4) is 0 Å². The molecule has 1 aliphatic heterocycles. The van der Waals surface area contributed by atoms with Crippen LogP contribution in [0.5, 0.6) is 0 Å². The molecule has 0 atom stereocenters. The Balaban J connectivity index is 2.04. The van der Waals surface area contributed by atoms with Gasteiger partial charge in [0.1, 0.15) is 5.82 Å². The fraction of sp³-hybridized carbons (Fsp3) is 0.636. The largest absolute Gasteiger partial charge is 0.357 e. The average Bonchev–Trinajstić information content (AvgIpc) is 2.29. The smallest absolute Gasteiger partial charge is 0.224 e. The first kappa shape index (κ1) is 11.1. The van der Waals surface area contributed by atoms with Crippen molar-refractivity contribution in [3.63, 3.8) is 0 Å². The van der Waals surface area contributed by atoms with Gasteiger partial charge in [0.2, 0.25) is 5.95 Å². The number of aromatic nitrogens is 2. The lowest BCUT2D eigenvalue weighted by atomic mass is 10.2. The molecule has 0 aliphatic carbocycles. The highest BCUT2D eigenvalue weighted by Gasteiger charge is 2.10. The summed E-state index contributed by atoms with van der Waals surface area (Å²) in [6.45, 7) is 4.17. The number of rotatable bonds is 3. The van der Waals surface area contributed by atoms with Crippen LogP contribution in [0.25, 0.3) is 0 Å². The van der Waals surface area contributed by atoms with E-state index in [0.717, 1.165) is 24.6 Å². The molecule has 0 unspecified atom stereocenters. The Bertz CT molecular complexity index is 346. The van der Waals surface area contributed by atoms with Gasteiger partial charge in [-0.1, -0.05) is 6.42 Å². The Kier molecular flexibility index (Phi) is 3.56. The zero-order valence-electron chi connectivity index (χ0n) is 9.95. The first-order chi connectivity index (χ1) is 7.78. The van der Waals surface area contributed by atoms with Gasteiger partial charge in [0, 0.05) is 31.9 Å². The van der Waals surface area contributed by atoms with Gasteiger partial charge in [-0.2, -0.15) is 4.98 Å². The van der Waals surface area contributed by atoms with E-state index in [2.05, 4.69) is 25.7 Å². The number of hydrazine groups is 1. The molecule has 0 aromatic carbocycles. The first-order valence-corrected chi connectivity index (χ1v) is 5.83. The predicted molar refractivity (Wildman–Crippen MR) is 65.4 cm³/mol. The van der Waals surface area contributed by atoms with Crippen LogP contribution in [0.2, 0.25) is 0 Å². The molecule has 1 saturated heterocycles. The van der Waals surface area contributed by atoms with E-state index in [1.54, 1.807) is 0 Å². The predicted octanol–water partition coefficient (Wildman–Crippen LogP) is 1.64. The number of anilines is 2. The van der Waals surface area contributed by atoms with Crippen molar-refractivity contribution in [2.75, 3.05) is 30.9 Å². The summed E-state index contributed by atoms with van der Waals surface area (Å²) in [5.74, 6) is 1.54. The van der Waals surface area contributed by atoms with Crippen molar-refractivity contribution >= 4 is 11.8 Å². The molecule has 0 amide bonds. The van der Waals surface area contributed by atoms with Crippen molar-refractivity contribution in [1.29, 1.82) is 0 Å². The Morgan fingerprint density at radius 2 is 1.94 bits per heavy atom. The molecule has 1 fully saturated rings. The van der Waals surface area contributed by atoms with Gasteiger partial charge in [-0.15, -0.1) is 0 Å². The molecular formula is C11H19N5. The van der Waals surface area contributed by atoms with Crippen molar-refractivity contribution < 1.29 is 0 Å². The van der Waals surface area contributed by atoms with Gasteiger partial charge in [0.05, 0.1) is 0 Å². The molecule has 0 radical (unpaired) electrons. The topological polar surface area (TPSA) is 53.1 Å². The molecule has 88 valence electrons. The third-order valence-corrected chi connectivity index (χ3v) is 2.71. The summed E-state index contributed by atoms with van der Waals surface area (Å²) < 4.78 is 0. The van der Waals surface area contributed by atoms with E-state index < -0.39 is 0 Å². The summed E-state index contributed by atoms with van der Waals surface area (Å²) in [5, 5.41) is 5.19. The van der Waals surface area contributed by atoms with Gasteiger partial charge in [0.25, 0.3) is 0 Å². The molecule has 2 N–H and O–H groups in total. The van der Waals surface area contributed by atoms with Gasteiger partial charge >= 0.3 is 0 Å². The molecule has 1 aromatic heterocycles. The van der Waals surface area contributed by atoms with E-state index in [-0.39, 0.29) is 0 Å². The van der Waals surface area contributed by atoms with E-state index in [4.69, 9.17) is 0 Å². The number of hydrogen-bond donors (Lipinski definition) is 2. The second kappa shape index (κ2) is 5.12. The van der Waals surface area contributed by atoms with Crippen LogP contribution < -0.4 is 10.7 Å². The fourth-order valence-electron chi connectivity index (χ4n) is 1.91. The number of hydrogen-bond acceptors (Lipinski definition) is 5. The second-order valence-corrected chi connectivity index (χ2v) is 4.13. The van der Waals surface area contributed by atoms with Crippen LogP contribution in [0.1, 0.15) is 25.0 Å². The molecule has 0 spiro atoms. The SMILES string of the molecule is CNc1nc(C)cc(NN2CCCCC2)n1. The zero-order valence-corrected chi connectivity index (χ0v) is 9.95. The fourth-order valence-corrected chi connectivity index (χ4v) is 1.91. The molecule has 0 bridgehead atoms. The van der Waals surface area contributed by atoms with Crippen LogP contribution in [0.3, 0.4) is 0 Å². The van der Waals surface area contributed by atoms with Crippen LogP contribution in [-0.2, 0) is 0 Å². The lowest BCUT2D eigenvalue weighted by Crippen LogP contribution is -2.35. The van der Waals surface area contributed by atoms with Crippen LogP contribution in [0.4, 0.5) is 11.8 Å². The zero-order chi connectivity index (χ0) is 11.4. The highest BCUT2D eigenvalue weighted by Crippen LogP contribution is 2.13.